The van der Waals surface area contributed by atoms with E-state index in [0.717, 1.165) is 51.3 Å². The van der Waals surface area contributed by atoms with Gasteiger partial charge in [0.1, 0.15) is 19.6 Å². The van der Waals surface area contributed by atoms with Gasteiger partial charge < -0.3 is 15.0 Å². The molecule has 1 fully saturated rings. The van der Waals surface area contributed by atoms with E-state index in [1.165, 1.54) is 35.1 Å². The van der Waals surface area contributed by atoms with E-state index in [1.54, 1.807) is 4.90 Å². The largest absolute Gasteiger partial charge is 0.370 e. The number of ether oxygens (including phenoxy) is 1. The number of amides is 1. The fraction of sp³-hybridized carbons (Fsp3) is 0.435. The number of fused-ring (bicyclic) bond motifs is 1. The molecule has 1 saturated heterocycles. The maximum Gasteiger partial charge on any atom is 0.251 e. The number of morpholine rings is 1. The number of nitrogens with one attached hydrogen (secondary N) is 2. The van der Waals surface area contributed by atoms with Crippen LogP contribution in [0.15, 0.2) is 42.5 Å². The fourth-order valence-corrected chi connectivity index (χ4v) is 4.16. The molecular weight excluding hydrogens is 336 g/mol. The molecule has 0 unspecified atom stereocenters. The SMILES string of the molecule is O=C(NCc1ccccc1C[NH+]1CCOCC1)c1ccc2c(c1)CCCC2. The highest BCUT2D eigenvalue weighted by molar-refractivity contribution is 5.94. The Morgan fingerprint density at radius 1 is 0.963 bits per heavy atom. The monoisotopic (exact) mass is 365 g/mol. The zero-order chi connectivity index (χ0) is 18.5. The molecule has 0 radical (unpaired) electrons. The minimum absolute atomic E-state index is 0.0249. The molecule has 2 N–H and O–H groups in total. The van der Waals surface area contributed by atoms with E-state index >= 15 is 0 Å². The van der Waals surface area contributed by atoms with Gasteiger partial charge in [-0.15, -0.1) is 0 Å². The molecule has 0 saturated carbocycles. The first-order chi connectivity index (χ1) is 13.3. The van der Waals surface area contributed by atoms with Crippen LogP contribution in [-0.4, -0.2) is 32.2 Å². The van der Waals surface area contributed by atoms with Crippen molar-refractivity contribution in [2.45, 2.75) is 38.8 Å². The standard InChI is InChI=1S/C23H28N2O2/c26-23(20-10-9-18-5-1-2-6-19(18)15-20)24-16-21-7-3-4-8-22(21)17-25-11-13-27-14-12-25/h3-4,7-10,15H,1-2,5-6,11-14,16-17H2,(H,24,26)/p+1. The molecular formula is C23H29N2O2+. The van der Waals surface area contributed by atoms with Crippen molar-refractivity contribution in [1.29, 1.82) is 0 Å². The molecule has 27 heavy (non-hydrogen) atoms. The molecule has 142 valence electrons. The van der Waals surface area contributed by atoms with Gasteiger partial charge in [0.2, 0.25) is 0 Å². The van der Waals surface area contributed by atoms with Crippen molar-refractivity contribution in [3.63, 3.8) is 0 Å². The lowest BCUT2D eigenvalue weighted by molar-refractivity contribution is -0.921. The molecule has 4 rings (SSSR count). The highest BCUT2D eigenvalue weighted by Gasteiger charge is 2.17. The van der Waals surface area contributed by atoms with Crippen molar-refractivity contribution >= 4 is 5.91 Å². The zero-order valence-electron chi connectivity index (χ0n) is 15.9. The van der Waals surface area contributed by atoms with E-state index in [0.29, 0.717) is 6.54 Å². The first-order valence-corrected chi connectivity index (χ1v) is 10.2. The second kappa shape index (κ2) is 8.68. The number of quaternary nitrogens is 1. The zero-order valence-corrected chi connectivity index (χ0v) is 15.9. The Labute approximate surface area is 161 Å². The minimum Gasteiger partial charge on any atom is -0.370 e. The number of hydrogen-bond acceptors (Lipinski definition) is 2. The maximum absolute atomic E-state index is 12.7. The Bertz CT molecular complexity index is 797. The lowest BCUT2D eigenvalue weighted by Gasteiger charge is -2.24. The van der Waals surface area contributed by atoms with Crippen LogP contribution in [-0.2, 0) is 30.7 Å². The number of rotatable bonds is 5. The first kappa shape index (κ1) is 18.2. The van der Waals surface area contributed by atoms with Crippen molar-refractivity contribution in [3.05, 3.63) is 70.3 Å². The van der Waals surface area contributed by atoms with Crippen LogP contribution in [0.2, 0.25) is 0 Å². The molecule has 0 aromatic heterocycles. The van der Waals surface area contributed by atoms with Crippen molar-refractivity contribution in [3.8, 4) is 0 Å². The normalized spacial score (nSPS) is 17.3. The van der Waals surface area contributed by atoms with Gasteiger partial charge in [-0.05, 0) is 54.5 Å². The lowest BCUT2D eigenvalue weighted by atomic mass is 9.90. The van der Waals surface area contributed by atoms with E-state index in [4.69, 9.17) is 4.74 Å². The third-order valence-electron chi connectivity index (χ3n) is 5.81. The molecule has 1 amide bonds. The van der Waals surface area contributed by atoms with E-state index < -0.39 is 0 Å². The topological polar surface area (TPSA) is 42.8 Å². The van der Waals surface area contributed by atoms with Gasteiger partial charge in [0.05, 0.1) is 13.2 Å². The number of aryl methyl sites for hydroxylation is 2. The molecule has 1 aliphatic heterocycles. The summed E-state index contributed by atoms with van der Waals surface area (Å²) in [6, 6.07) is 14.7. The van der Waals surface area contributed by atoms with Crippen molar-refractivity contribution < 1.29 is 14.4 Å². The summed E-state index contributed by atoms with van der Waals surface area (Å²) in [5, 5.41) is 3.13. The van der Waals surface area contributed by atoms with Crippen LogP contribution in [0, 0.1) is 0 Å². The van der Waals surface area contributed by atoms with Gasteiger partial charge in [-0.1, -0.05) is 30.3 Å². The number of hydrogen-bond donors (Lipinski definition) is 2. The summed E-state index contributed by atoms with van der Waals surface area (Å²) >= 11 is 0. The van der Waals surface area contributed by atoms with E-state index in [2.05, 4.69) is 41.7 Å². The predicted octanol–water partition coefficient (Wildman–Crippen LogP) is 1.91. The van der Waals surface area contributed by atoms with Crippen LogP contribution in [0.25, 0.3) is 0 Å². The number of benzene rings is 2. The third-order valence-corrected chi connectivity index (χ3v) is 5.81. The molecule has 0 bridgehead atoms. The Kier molecular flexibility index (Phi) is 5.85. The summed E-state index contributed by atoms with van der Waals surface area (Å²) in [6.45, 7) is 5.36. The average molecular weight is 365 g/mol. The maximum atomic E-state index is 12.7. The molecule has 2 aromatic carbocycles. The van der Waals surface area contributed by atoms with Gasteiger partial charge in [0.15, 0.2) is 0 Å². The summed E-state index contributed by atoms with van der Waals surface area (Å²) in [5.74, 6) is 0.0249. The Hall–Kier alpha value is -2.17. The molecule has 4 heteroatoms. The molecule has 1 aliphatic carbocycles. The number of carbonyl (C=O) groups excluding carboxylic acids is 1. The van der Waals surface area contributed by atoms with E-state index in [-0.39, 0.29) is 5.91 Å². The van der Waals surface area contributed by atoms with Gasteiger partial charge in [-0.25, -0.2) is 0 Å². The summed E-state index contributed by atoms with van der Waals surface area (Å²) in [6.07, 6.45) is 4.74. The Balaban J connectivity index is 1.40. The van der Waals surface area contributed by atoms with Crippen LogP contribution in [0.1, 0.15) is 45.5 Å². The summed E-state index contributed by atoms with van der Waals surface area (Å²) in [4.78, 5) is 14.2. The molecule has 0 atom stereocenters. The highest BCUT2D eigenvalue weighted by Crippen LogP contribution is 2.22. The molecule has 4 nitrogen and oxygen atoms in total. The lowest BCUT2D eigenvalue weighted by Crippen LogP contribution is -3.12. The summed E-state index contributed by atoms with van der Waals surface area (Å²) in [7, 11) is 0. The van der Waals surface area contributed by atoms with Gasteiger partial charge in [0, 0.05) is 17.7 Å². The summed E-state index contributed by atoms with van der Waals surface area (Å²) < 4.78 is 5.46. The van der Waals surface area contributed by atoms with Gasteiger partial charge in [0.25, 0.3) is 5.91 Å². The second-order valence-corrected chi connectivity index (χ2v) is 7.68. The molecule has 2 aromatic rings. The van der Waals surface area contributed by atoms with E-state index in [9.17, 15) is 4.79 Å². The second-order valence-electron chi connectivity index (χ2n) is 7.68. The van der Waals surface area contributed by atoms with Crippen molar-refractivity contribution in [2.75, 3.05) is 26.3 Å². The van der Waals surface area contributed by atoms with E-state index in [1.807, 2.05) is 6.07 Å². The fourth-order valence-electron chi connectivity index (χ4n) is 4.16. The third kappa shape index (κ3) is 4.57. The smallest absolute Gasteiger partial charge is 0.251 e. The van der Waals surface area contributed by atoms with Crippen LogP contribution < -0.4 is 10.2 Å². The number of carbonyl (C=O) groups is 1. The highest BCUT2D eigenvalue weighted by atomic mass is 16.5. The van der Waals surface area contributed by atoms with Crippen molar-refractivity contribution in [2.24, 2.45) is 0 Å². The Morgan fingerprint density at radius 2 is 1.70 bits per heavy atom. The van der Waals surface area contributed by atoms with Crippen LogP contribution >= 0.6 is 0 Å². The molecule has 0 spiro atoms. The molecule has 2 aliphatic rings. The average Bonchev–Trinajstić information content (AvgIpc) is 2.73. The first-order valence-electron chi connectivity index (χ1n) is 10.2. The van der Waals surface area contributed by atoms with Crippen LogP contribution in [0.3, 0.4) is 0 Å². The Morgan fingerprint density at radius 3 is 2.52 bits per heavy atom. The summed E-state index contributed by atoms with van der Waals surface area (Å²) in [5.41, 5.74) is 6.08. The van der Waals surface area contributed by atoms with Crippen LogP contribution in [0.4, 0.5) is 0 Å². The quantitative estimate of drug-likeness (QED) is 0.850. The minimum atomic E-state index is 0.0249. The predicted molar refractivity (Wildman–Crippen MR) is 106 cm³/mol. The molecule has 1 heterocycles. The van der Waals surface area contributed by atoms with Gasteiger partial charge >= 0.3 is 0 Å². The van der Waals surface area contributed by atoms with Crippen LogP contribution in [0.5, 0.6) is 0 Å². The van der Waals surface area contributed by atoms with Crippen molar-refractivity contribution in [1.82, 2.24) is 5.32 Å². The van der Waals surface area contributed by atoms with Gasteiger partial charge in [-0.2, -0.15) is 0 Å². The van der Waals surface area contributed by atoms with Gasteiger partial charge in [-0.3, -0.25) is 4.79 Å².